The first-order valence-corrected chi connectivity index (χ1v) is 5.76. The van der Waals surface area contributed by atoms with Gasteiger partial charge in [0.2, 0.25) is 0 Å². The second-order valence-corrected chi connectivity index (χ2v) is 4.51. The molecular formula is C11H21NO. The fourth-order valence-electron chi connectivity index (χ4n) is 3.13. The van der Waals surface area contributed by atoms with Crippen molar-refractivity contribution in [2.75, 3.05) is 19.7 Å². The Hall–Kier alpha value is -0.0800. The van der Waals surface area contributed by atoms with Crippen LogP contribution in [0.1, 0.15) is 38.5 Å². The van der Waals surface area contributed by atoms with Crippen molar-refractivity contribution in [3.05, 3.63) is 0 Å². The van der Waals surface area contributed by atoms with Crippen molar-refractivity contribution in [3.8, 4) is 0 Å². The normalized spacial score (nSPS) is 35.8. The van der Waals surface area contributed by atoms with E-state index in [-0.39, 0.29) is 0 Å². The van der Waals surface area contributed by atoms with E-state index in [0.29, 0.717) is 6.61 Å². The molecule has 0 radical (unpaired) electrons. The predicted octanol–water partition coefficient (Wildman–Crippen LogP) is 1.63. The first kappa shape index (κ1) is 9.47. The Labute approximate surface area is 80.9 Å². The quantitative estimate of drug-likeness (QED) is 0.703. The van der Waals surface area contributed by atoms with Crippen molar-refractivity contribution in [2.45, 2.75) is 44.6 Å². The number of rotatable bonds is 2. The molecule has 1 aliphatic heterocycles. The summed E-state index contributed by atoms with van der Waals surface area (Å²) >= 11 is 0. The highest BCUT2D eigenvalue weighted by atomic mass is 16.3. The Morgan fingerprint density at radius 2 is 1.85 bits per heavy atom. The van der Waals surface area contributed by atoms with E-state index >= 15 is 0 Å². The summed E-state index contributed by atoms with van der Waals surface area (Å²) in [4.78, 5) is 2.52. The molecule has 0 aromatic rings. The van der Waals surface area contributed by atoms with Gasteiger partial charge in [0.05, 0.1) is 6.61 Å². The summed E-state index contributed by atoms with van der Waals surface area (Å²) in [5, 5.41) is 8.97. The van der Waals surface area contributed by atoms with Crippen molar-refractivity contribution in [2.24, 2.45) is 5.92 Å². The van der Waals surface area contributed by atoms with Gasteiger partial charge in [0.15, 0.2) is 0 Å². The van der Waals surface area contributed by atoms with E-state index in [9.17, 15) is 0 Å². The van der Waals surface area contributed by atoms with Gasteiger partial charge in [-0.05, 0) is 38.1 Å². The number of aliphatic hydroxyl groups excluding tert-OH is 1. The van der Waals surface area contributed by atoms with Crippen LogP contribution in [-0.2, 0) is 0 Å². The molecule has 2 nitrogen and oxygen atoms in total. The summed E-state index contributed by atoms with van der Waals surface area (Å²) in [6.45, 7) is 2.46. The Morgan fingerprint density at radius 3 is 2.69 bits per heavy atom. The first-order valence-electron chi connectivity index (χ1n) is 5.76. The van der Waals surface area contributed by atoms with Gasteiger partial charge < -0.3 is 5.11 Å². The fourth-order valence-corrected chi connectivity index (χ4v) is 3.13. The molecular weight excluding hydrogens is 162 g/mol. The molecule has 0 spiro atoms. The number of hydrogen-bond donors (Lipinski definition) is 1. The molecule has 0 amide bonds. The zero-order chi connectivity index (χ0) is 9.10. The van der Waals surface area contributed by atoms with Crippen LogP contribution in [0.5, 0.6) is 0 Å². The van der Waals surface area contributed by atoms with E-state index in [2.05, 4.69) is 4.90 Å². The standard InChI is InChI=1S/C11H21NO/c13-9-8-12-7-3-5-10-4-1-2-6-11(10)12/h10-11,13H,1-9H2. The Kier molecular flexibility index (Phi) is 3.23. The number of nitrogens with zero attached hydrogens (tertiary/aromatic N) is 1. The number of aliphatic hydroxyl groups is 1. The summed E-state index contributed by atoms with van der Waals surface area (Å²) in [6.07, 6.45) is 8.45. The van der Waals surface area contributed by atoms with Gasteiger partial charge in [0, 0.05) is 12.6 Å². The molecule has 1 heterocycles. The SMILES string of the molecule is OCCN1CCCC2CCCCC21. The van der Waals surface area contributed by atoms with Gasteiger partial charge in [-0.2, -0.15) is 0 Å². The predicted molar refractivity (Wildman–Crippen MR) is 53.6 cm³/mol. The molecule has 2 atom stereocenters. The van der Waals surface area contributed by atoms with E-state index in [1.807, 2.05) is 0 Å². The monoisotopic (exact) mass is 183 g/mol. The smallest absolute Gasteiger partial charge is 0.0558 e. The van der Waals surface area contributed by atoms with Crippen LogP contribution in [-0.4, -0.2) is 35.7 Å². The van der Waals surface area contributed by atoms with E-state index in [1.54, 1.807) is 0 Å². The Morgan fingerprint density at radius 1 is 1.08 bits per heavy atom. The van der Waals surface area contributed by atoms with Gasteiger partial charge in [-0.3, -0.25) is 4.90 Å². The van der Waals surface area contributed by atoms with Crippen LogP contribution < -0.4 is 0 Å². The van der Waals surface area contributed by atoms with Gasteiger partial charge >= 0.3 is 0 Å². The van der Waals surface area contributed by atoms with Gasteiger partial charge in [-0.15, -0.1) is 0 Å². The van der Waals surface area contributed by atoms with Crippen LogP contribution in [0, 0.1) is 5.92 Å². The third-order valence-corrected chi connectivity index (χ3v) is 3.75. The molecule has 0 aromatic carbocycles. The van der Waals surface area contributed by atoms with Crippen molar-refractivity contribution in [1.29, 1.82) is 0 Å². The van der Waals surface area contributed by atoms with Crippen molar-refractivity contribution in [3.63, 3.8) is 0 Å². The van der Waals surface area contributed by atoms with E-state index < -0.39 is 0 Å². The van der Waals surface area contributed by atoms with Crippen molar-refractivity contribution < 1.29 is 5.11 Å². The molecule has 2 fully saturated rings. The molecule has 1 aliphatic carbocycles. The van der Waals surface area contributed by atoms with Crippen LogP contribution in [0.4, 0.5) is 0 Å². The highest BCUT2D eigenvalue weighted by Gasteiger charge is 2.32. The summed E-state index contributed by atoms with van der Waals surface area (Å²) in [5.74, 6) is 0.953. The fraction of sp³-hybridized carbons (Fsp3) is 1.00. The number of hydrogen-bond acceptors (Lipinski definition) is 2. The summed E-state index contributed by atoms with van der Waals surface area (Å²) < 4.78 is 0. The minimum Gasteiger partial charge on any atom is -0.395 e. The van der Waals surface area contributed by atoms with Gasteiger partial charge in [-0.1, -0.05) is 12.8 Å². The maximum absolute atomic E-state index is 8.97. The molecule has 1 saturated carbocycles. The van der Waals surface area contributed by atoms with Crippen LogP contribution >= 0.6 is 0 Å². The van der Waals surface area contributed by atoms with E-state index in [1.165, 1.54) is 45.1 Å². The van der Waals surface area contributed by atoms with Crippen LogP contribution in [0.2, 0.25) is 0 Å². The zero-order valence-corrected chi connectivity index (χ0v) is 8.41. The van der Waals surface area contributed by atoms with E-state index in [0.717, 1.165) is 18.5 Å². The maximum atomic E-state index is 8.97. The lowest BCUT2D eigenvalue weighted by molar-refractivity contribution is 0.0472. The largest absolute Gasteiger partial charge is 0.395 e. The van der Waals surface area contributed by atoms with Crippen LogP contribution in [0.3, 0.4) is 0 Å². The third-order valence-electron chi connectivity index (χ3n) is 3.75. The van der Waals surface area contributed by atoms with Gasteiger partial charge in [-0.25, -0.2) is 0 Å². The molecule has 0 bridgehead atoms. The Bertz CT molecular complexity index is 156. The van der Waals surface area contributed by atoms with Crippen LogP contribution in [0.15, 0.2) is 0 Å². The molecule has 2 aliphatic rings. The average Bonchev–Trinajstić information content (AvgIpc) is 2.19. The maximum Gasteiger partial charge on any atom is 0.0558 e. The van der Waals surface area contributed by atoms with Crippen molar-refractivity contribution >= 4 is 0 Å². The molecule has 0 aromatic heterocycles. The molecule has 1 N–H and O–H groups in total. The lowest BCUT2D eigenvalue weighted by Crippen LogP contribution is -2.47. The minimum absolute atomic E-state index is 0.337. The summed E-state index contributed by atoms with van der Waals surface area (Å²) in [7, 11) is 0. The molecule has 13 heavy (non-hydrogen) atoms. The number of fused-ring (bicyclic) bond motifs is 1. The number of piperidine rings is 1. The summed E-state index contributed by atoms with van der Waals surface area (Å²) in [5.41, 5.74) is 0. The number of likely N-dealkylation sites (tertiary alicyclic amines) is 1. The van der Waals surface area contributed by atoms with Gasteiger partial charge in [0.1, 0.15) is 0 Å². The van der Waals surface area contributed by atoms with Crippen LogP contribution in [0.25, 0.3) is 0 Å². The molecule has 2 heteroatoms. The summed E-state index contributed by atoms with van der Waals surface area (Å²) in [6, 6.07) is 0.814. The topological polar surface area (TPSA) is 23.5 Å². The molecule has 1 saturated heterocycles. The second kappa shape index (κ2) is 4.43. The average molecular weight is 183 g/mol. The van der Waals surface area contributed by atoms with Gasteiger partial charge in [0.25, 0.3) is 0 Å². The lowest BCUT2D eigenvalue weighted by atomic mass is 9.78. The molecule has 76 valence electrons. The highest BCUT2D eigenvalue weighted by molar-refractivity contribution is 4.86. The Balaban J connectivity index is 1.94. The molecule has 2 unspecified atom stereocenters. The number of β-amino-alcohol motifs (C(OH)–C–C–N with tert-alkyl or cyclic N) is 1. The highest BCUT2D eigenvalue weighted by Crippen LogP contribution is 2.34. The van der Waals surface area contributed by atoms with Crippen molar-refractivity contribution in [1.82, 2.24) is 4.90 Å². The lowest BCUT2D eigenvalue weighted by Gasteiger charge is -2.43. The second-order valence-electron chi connectivity index (χ2n) is 4.51. The minimum atomic E-state index is 0.337. The van der Waals surface area contributed by atoms with E-state index in [4.69, 9.17) is 5.11 Å². The first-order chi connectivity index (χ1) is 6.42. The third kappa shape index (κ3) is 2.05. The molecule has 2 rings (SSSR count). The zero-order valence-electron chi connectivity index (χ0n) is 8.41.